The fraction of sp³-hybridized carbons (Fsp3) is 0.417. The lowest BCUT2D eigenvalue weighted by molar-refractivity contribution is -0.384. The monoisotopic (exact) mass is 300 g/mol. The number of nitro benzene ring substituents is 1. The molecule has 1 aromatic rings. The minimum Gasteiger partial charge on any atom is -0.352 e. The molecule has 0 aliphatic rings. The van der Waals surface area contributed by atoms with Crippen LogP contribution in [0.15, 0.2) is 12.1 Å². The van der Waals surface area contributed by atoms with E-state index in [1.165, 1.54) is 6.07 Å². The fourth-order valence-corrected chi connectivity index (χ4v) is 1.79. The van der Waals surface area contributed by atoms with E-state index in [4.69, 9.17) is 17.4 Å². The summed E-state index contributed by atoms with van der Waals surface area (Å²) in [5.41, 5.74) is 1.94. The molecule has 0 saturated carbocycles. The lowest BCUT2D eigenvalue weighted by atomic mass is 10.1. The molecule has 4 N–H and O–H groups in total. The minimum atomic E-state index is -0.646. The number of rotatable bonds is 6. The number of nitrogens with one attached hydrogen (secondary N) is 2. The first-order valence-corrected chi connectivity index (χ1v) is 6.51. The number of nitrogens with two attached hydrogens (primary N) is 1. The van der Waals surface area contributed by atoms with Gasteiger partial charge in [-0.3, -0.25) is 20.8 Å². The average molecular weight is 301 g/mol. The highest BCUT2D eigenvalue weighted by molar-refractivity contribution is 6.34. The van der Waals surface area contributed by atoms with E-state index in [-0.39, 0.29) is 22.0 Å². The maximum absolute atomic E-state index is 11.9. The summed E-state index contributed by atoms with van der Waals surface area (Å²) in [6.45, 7) is 4.51. The van der Waals surface area contributed by atoms with E-state index in [1.54, 1.807) is 0 Å². The molecule has 0 heterocycles. The van der Waals surface area contributed by atoms with Gasteiger partial charge in [0.25, 0.3) is 11.6 Å². The normalized spacial score (nSPS) is 11.8. The molecule has 1 unspecified atom stereocenters. The first-order chi connectivity index (χ1) is 9.40. The summed E-state index contributed by atoms with van der Waals surface area (Å²) in [5, 5.41) is 13.7. The number of anilines is 1. The Morgan fingerprint density at radius 2 is 2.20 bits per heavy atom. The van der Waals surface area contributed by atoms with Crippen molar-refractivity contribution >= 4 is 28.9 Å². The van der Waals surface area contributed by atoms with Gasteiger partial charge in [-0.05, 0) is 12.0 Å². The van der Waals surface area contributed by atoms with Crippen molar-refractivity contribution in [3.05, 3.63) is 32.8 Å². The van der Waals surface area contributed by atoms with Crippen molar-refractivity contribution in [1.29, 1.82) is 0 Å². The van der Waals surface area contributed by atoms with Crippen LogP contribution < -0.4 is 16.6 Å². The second-order valence-corrected chi connectivity index (χ2v) is 4.88. The van der Waals surface area contributed by atoms with Crippen molar-refractivity contribution < 1.29 is 9.72 Å². The predicted molar refractivity (Wildman–Crippen MR) is 77.7 cm³/mol. The summed E-state index contributed by atoms with van der Waals surface area (Å²) in [4.78, 5) is 22.2. The van der Waals surface area contributed by atoms with E-state index in [0.29, 0.717) is 12.5 Å². The van der Waals surface area contributed by atoms with Gasteiger partial charge < -0.3 is 10.7 Å². The molecule has 0 bridgehead atoms. The van der Waals surface area contributed by atoms with Gasteiger partial charge in [0.2, 0.25) is 0 Å². The molecule has 1 atom stereocenters. The predicted octanol–water partition coefficient (Wildman–Crippen LogP) is 2.31. The van der Waals surface area contributed by atoms with Crippen LogP contribution in [0.5, 0.6) is 0 Å². The Hall–Kier alpha value is -1.86. The number of carbonyl (C=O) groups excluding carboxylic acids is 1. The lowest BCUT2D eigenvalue weighted by Gasteiger charge is -2.11. The number of amides is 1. The number of hydrazine groups is 1. The van der Waals surface area contributed by atoms with Crippen LogP contribution in [-0.4, -0.2) is 17.4 Å². The Balaban J connectivity index is 3.02. The zero-order valence-corrected chi connectivity index (χ0v) is 12.0. The molecule has 1 amide bonds. The van der Waals surface area contributed by atoms with Crippen molar-refractivity contribution in [2.45, 2.75) is 20.3 Å². The van der Waals surface area contributed by atoms with Gasteiger partial charge in [-0.15, -0.1) is 0 Å². The molecule has 1 rings (SSSR count). The summed E-state index contributed by atoms with van der Waals surface area (Å²) in [6, 6.07) is 2.49. The smallest absolute Gasteiger partial charge is 0.295 e. The van der Waals surface area contributed by atoms with Gasteiger partial charge in [0, 0.05) is 18.2 Å². The molecule has 0 aliphatic carbocycles. The summed E-state index contributed by atoms with van der Waals surface area (Å²) < 4.78 is 0. The van der Waals surface area contributed by atoms with E-state index in [2.05, 4.69) is 10.7 Å². The molecule has 0 saturated heterocycles. The Bertz CT molecular complexity index is 522. The number of halogens is 1. The van der Waals surface area contributed by atoms with E-state index in [1.807, 2.05) is 13.8 Å². The Morgan fingerprint density at radius 1 is 1.55 bits per heavy atom. The van der Waals surface area contributed by atoms with E-state index in [9.17, 15) is 14.9 Å². The third-order valence-corrected chi connectivity index (χ3v) is 3.28. The van der Waals surface area contributed by atoms with Gasteiger partial charge in [0.1, 0.15) is 5.69 Å². The van der Waals surface area contributed by atoms with Crippen molar-refractivity contribution in [3.8, 4) is 0 Å². The Morgan fingerprint density at radius 3 is 2.70 bits per heavy atom. The number of hydrogen-bond donors (Lipinski definition) is 3. The van der Waals surface area contributed by atoms with Crippen LogP contribution in [-0.2, 0) is 0 Å². The number of nitrogens with zero attached hydrogens (tertiary/aromatic N) is 1. The molecular formula is C12H17ClN4O3. The minimum absolute atomic E-state index is 0.0184. The number of benzene rings is 1. The van der Waals surface area contributed by atoms with Crippen molar-refractivity contribution in [1.82, 2.24) is 5.32 Å². The zero-order chi connectivity index (χ0) is 15.3. The number of hydrogen-bond acceptors (Lipinski definition) is 5. The van der Waals surface area contributed by atoms with Crippen molar-refractivity contribution in [2.24, 2.45) is 11.8 Å². The summed E-state index contributed by atoms with van der Waals surface area (Å²) in [5.74, 6) is 5.12. The molecule has 0 aliphatic heterocycles. The first kappa shape index (κ1) is 16.2. The highest BCUT2D eigenvalue weighted by Gasteiger charge is 2.21. The maximum Gasteiger partial charge on any atom is 0.295 e. The second-order valence-electron chi connectivity index (χ2n) is 4.48. The van der Waals surface area contributed by atoms with Gasteiger partial charge in [-0.1, -0.05) is 31.9 Å². The van der Waals surface area contributed by atoms with Gasteiger partial charge >= 0.3 is 0 Å². The van der Waals surface area contributed by atoms with Gasteiger partial charge in [-0.2, -0.15) is 0 Å². The molecule has 1 aromatic carbocycles. The van der Waals surface area contributed by atoms with Crippen LogP contribution in [0.2, 0.25) is 5.02 Å². The standard InChI is InChI=1S/C12H17ClN4O3/c1-3-7(2)6-15-12(18)8-4-9(13)11(16-14)10(5-8)17(19)20/h4-5,7,16H,3,6,14H2,1-2H3,(H,15,18). The molecule has 0 radical (unpaired) electrons. The van der Waals surface area contributed by atoms with Crippen LogP contribution in [0.4, 0.5) is 11.4 Å². The highest BCUT2D eigenvalue weighted by atomic mass is 35.5. The maximum atomic E-state index is 11.9. The second kappa shape index (κ2) is 7.06. The molecular weight excluding hydrogens is 284 g/mol. The topological polar surface area (TPSA) is 110 Å². The van der Waals surface area contributed by atoms with Crippen molar-refractivity contribution in [3.63, 3.8) is 0 Å². The fourth-order valence-electron chi connectivity index (χ4n) is 1.52. The van der Waals surface area contributed by atoms with Crippen LogP contribution in [0, 0.1) is 16.0 Å². The Labute approximate surface area is 121 Å². The van der Waals surface area contributed by atoms with Gasteiger partial charge in [0.05, 0.1) is 9.95 Å². The van der Waals surface area contributed by atoms with Crippen molar-refractivity contribution in [2.75, 3.05) is 12.0 Å². The van der Waals surface area contributed by atoms with E-state index < -0.39 is 10.8 Å². The molecule has 0 fully saturated rings. The number of carbonyl (C=O) groups is 1. The lowest BCUT2D eigenvalue weighted by Crippen LogP contribution is -2.28. The van der Waals surface area contributed by atoms with Crippen LogP contribution in [0.25, 0.3) is 0 Å². The average Bonchev–Trinajstić information content (AvgIpc) is 2.43. The molecule has 7 nitrogen and oxygen atoms in total. The van der Waals surface area contributed by atoms with Crippen LogP contribution in [0.1, 0.15) is 30.6 Å². The molecule has 110 valence electrons. The van der Waals surface area contributed by atoms with E-state index in [0.717, 1.165) is 12.5 Å². The number of nitro groups is 1. The summed E-state index contributed by atoms with van der Waals surface area (Å²) in [7, 11) is 0. The van der Waals surface area contributed by atoms with Crippen LogP contribution in [0.3, 0.4) is 0 Å². The molecule has 0 spiro atoms. The quantitative estimate of drug-likeness (QED) is 0.424. The Kier molecular flexibility index (Phi) is 5.72. The molecule has 20 heavy (non-hydrogen) atoms. The first-order valence-electron chi connectivity index (χ1n) is 6.13. The molecule has 8 heteroatoms. The third kappa shape index (κ3) is 3.82. The largest absolute Gasteiger partial charge is 0.352 e. The highest BCUT2D eigenvalue weighted by Crippen LogP contribution is 2.32. The van der Waals surface area contributed by atoms with Gasteiger partial charge in [-0.25, -0.2) is 0 Å². The molecule has 0 aromatic heterocycles. The third-order valence-electron chi connectivity index (χ3n) is 2.98. The van der Waals surface area contributed by atoms with Crippen LogP contribution >= 0.6 is 11.6 Å². The zero-order valence-electron chi connectivity index (χ0n) is 11.3. The van der Waals surface area contributed by atoms with Gasteiger partial charge in [0.15, 0.2) is 0 Å². The van der Waals surface area contributed by atoms with E-state index >= 15 is 0 Å². The summed E-state index contributed by atoms with van der Waals surface area (Å²) in [6.07, 6.45) is 0.928. The number of nitrogen functional groups attached to an aromatic ring is 1. The summed E-state index contributed by atoms with van der Waals surface area (Å²) >= 11 is 5.89. The SMILES string of the molecule is CCC(C)CNC(=O)c1cc(Cl)c(NN)c([N+](=O)[O-])c1.